The molecule has 0 spiro atoms. The Balaban J connectivity index is 1.95. The molecular formula is C18H17N3O6. The third-order valence-electron chi connectivity index (χ3n) is 4.50. The zero-order valence-electron chi connectivity index (χ0n) is 15.0. The second-order valence-corrected chi connectivity index (χ2v) is 6.27. The number of pyridine rings is 1. The van der Waals surface area contributed by atoms with Crippen LogP contribution in [0.5, 0.6) is 5.75 Å². The normalized spacial score (nSPS) is 15.9. The summed E-state index contributed by atoms with van der Waals surface area (Å²) >= 11 is 0. The molecule has 0 fully saturated rings. The van der Waals surface area contributed by atoms with E-state index in [1.165, 1.54) is 23.1 Å². The highest BCUT2D eigenvalue weighted by molar-refractivity contribution is 6.02. The number of Topliss-reactive ketones (excluding diaryl/α,β-unsaturated/α-hetero) is 1. The van der Waals surface area contributed by atoms with Crippen molar-refractivity contribution in [3.63, 3.8) is 0 Å². The van der Waals surface area contributed by atoms with Crippen LogP contribution < -0.4 is 15.2 Å². The maximum atomic E-state index is 12.7. The molecule has 2 aromatic rings. The second kappa shape index (κ2) is 6.67. The van der Waals surface area contributed by atoms with Gasteiger partial charge in [-0.3, -0.25) is 29.1 Å². The average Bonchev–Trinajstić information content (AvgIpc) is 2.62. The number of anilines is 1. The third kappa shape index (κ3) is 3.19. The van der Waals surface area contributed by atoms with Gasteiger partial charge in [0.2, 0.25) is 0 Å². The van der Waals surface area contributed by atoms with E-state index >= 15 is 0 Å². The second-order valence-electron chi connectivity index (χ2n) is 6.27. The van der Waals surface area contributed by atoms with Crippen LogP contribution in [0.25, 0.3) is 0 Å². The van der Waals surface area contributed by atoms with Gasteiger partial charge < -0.3 is 9.64 Å². The van der Waals surface area contributed by atoms with Crippen molar-refractivity contribution in [2.75, 3.05) is 11.9 Å². The van der Waals surface area contributed by atoms with E-state index in [1.54, 1.807) is 27.0 Å². The Morgan fingerprint density at radius 3 is 2.63 bits per heavy atom. The minimum Gasteiger partial charge on any atom is -0.479 e. The van der Waals surface area contributed by atoms with Crippen molar-refractivity contribution in [1.82, 2.24) is 4.57 Å². The minimum atomic E-state index is -0.837. The number of hydrogen-bond acceptors (Lipinski definition) is 6. The molecule has 1 unspecified atom stereocenters. The third-order valence-corrected chi connectivity index (χ3v) is 4.50. The lowest BCUT2D eigenvalue weighted by Gasteiger charge is -2.30. The van der Waals surface area contributed by atoms with Gasteiger partial charge in [0.25, 0.3) is 5.91 Å². The van der Waals surface area contributed by atoms with E-state index in [-0.39, 0.29) is 18.0 Å². The van der Waals surface area contributed by atoms with E-state index in [4.69, 9.17) is 4.74 Å². The molecule has 1 aromatic heterocycles. The van der Waals surface area contributed by atoms with Gasteiger partial charge in [0.05, 0.1) is 17.2 Å². The molecular weight excluding hydrogens is 354 g/mol. The van der Waals surface area contributed by atoms with Gasteiger partial charge >= 0.3 is 11.2 Å². The molecule has 0 aliphatic carbocycles. The smallest absolute Gasteiger partial charge is 0.334 e. The molecule has 27 heavy (non-hydrogen) atoms. The van der Waals surface area contributed by atoms with Gasteiger partial charge in [0, 0.05) is 24.4 Å². The number of hydrogen-bond donors (Lipinski definition) is 0. The summed E-state index contributed by atoms with van der Waals surface area (Å²) in [6.07, 6.45) is -0.616. The van der Waals surface area contributed by atoms with E-state index in [0.29, 0.717) is 17.1 Å². The number of fused-ring (bicyclic) bond motifs is 1. The number of ether oxygens (including phenoxy) is 1. The van der Waals surface area contributed by atoms with Gasteiger partial charge in [-0.2, -0.15) is 0 Å². The van der Waals surface area contributed by atoms with Crippen molar-refractivity contribution in [3.05, 3.63) is 62.1 Å². The Bertz CT molecular complexity index is 1030. The van der Waals surface area contributed by atoms with Crippen LogP contribution in [0, 0.1) is 17.0 Å². The molecule has 140 valence electrons. The van der Waals surface area contributed by atoms with Crippen LogP contribution in [0.2, 0.25) is 0 Å². The number of amides is 1. The summed E-state index contributed by atoms with van der Waals surface area (Å²) in [6.45, 7) is 2.88. The van der Waals surface area contributed by atoms with E-state index < -0.39 is 28.1 Å². The topological polar surface area (TPSA) is 112 Å². The number of carbonyl (C=O) groups excluding carboxylic acids is 2. The van der Waals surface area contributed by atoms with Crippen molar-refractivity contribution < 1.29 is 19.2 Å². The van der Waals surface area contributed by atoms with Crippen molar-refractivity contribution in [3.8, 4) is 5.75 Å². The maximum absolute atomic E-state index is 12.7. The standard InChI is InChI=1S/C18H17N3O6/c1-10-4-6-13(21(25)26)18(24)20(10)9-15(22)12-5-7-16-14(8-12)19(3)17(23)11(2)27-16/h4-8,11H,9H2,1-3H3. The molecule has 1 atom stereocenters. The zero-order chi connectivity index (χ0) is 19.9. The highest BCUT2D eigenvalue weighted by Crippen LogP contribution is 2.34. The minimum absolute atomic E-state index is 0.238. The van der Waals surface area contributed by atoms with Crippen molar-refractivity contribution in [2.45, 2.75) is 26.5 Å². The Kier molecular flexibility index (Phi) is 4.52. The number of nitrogens with zero attached hydrogens (tertiary/aromatic N) is 3. The number of benzene rings is 1. The van der Waals surface area contributed by atoms with Gasteiger partial charge in [-0.25, -0.2) is 0 Å². The van der Waals surface area contributed by atoms with Gasteiger partial charge in [-0.05, 0) is 38.1 Å². The summed E-state index contributed by atoms with van der Waals surface area (Å²) in [5, 5.41) is 11.0. The van der Waals surface area contributed by atoms with E-state index in [9.17, 15) is 24.5 Å². The number of likely N-dealkylation sites (N-methyl/N-ethyl adjacent to an activating group) is 1. The van der Waals surface area contributed by atoms with Crippen LogP contribution in [0.15, 0.2) is 35.1 Å². The highest BCUT2D eigenvalue weighted by Gasteiger charge is 2.29. The molecule has 3 rings (SSSR count). The molecule has 9 heteroatoms. The Labute approximate surface area is 153 Å². The molecule has 1 aliphatic rings. The quantitative estimate of drug-likeness (QED) is 0.459. The molecule has 0 saturated heterocycles. The predicted octanol–water partition coefficient (Wildman–Crippen LogP) is 1.69. The highest BCUT2D eigenvalue weighted by atomic mass is 16.6. The Morgan fingerprint density at radius 2 is 1.96 bits per heavy atom. The number of rotatable bonds is 4. The molecule has 1 aliphatic heterocycles. The summed E-state index contributed by atoms with van der Waals surface area (Å²) < 4.78 is 6.58. The monoisotopic (exact) mass is 371 g/mol. The number of aromatic nitrogens is 1. The van der Waals surface area contributed by atoms with Crippen LogP contribution in [0.3, 0.4) is 0 Å². The summed E-state index contributed by atoms with van der Waals surface area (Å²) in [5.41, 5.74) is -0.278. The molecule has 0 N–H and O–H groups in total. The lowest BCUT2D eigenvalue weighted by molar-refractivity contribution is -0.386. The summed E-state index contributed by atoms with van der Waals surface area (Å²) in [7, 11) is 1.59. The Hall–Kier alpha value is -3.49. The fourth-order valence-corrected chi connectivity index (χ4v) is 2.91. The molecule has 1 aromatic carbocycles. The molecule has 0 bridgehead atoms. The van der Waals surface area contributed by atoms with Gasteiger partial charge in [-0.1, -0.05) is 0 Å². The number of carbonyl (C=O) groups is 2. The van der Waals surface area contributed by atoms with Gasteiger partial charge in [0.1, 0.15) is 5.75 Å². The van der Waals surface area contributed by atoms with Crippen molar-refractivity contribution in [1.29, 1.82) is 0 Å². The predicted molar refractivity (Wildman–Crippen MR) is 96.4 cm³/mol. The molecule has 0 radical (unpaired) electrons. The number of nitro groups is 1. The lowest BCUT2D eigenvalue weighted by Crippen LogP contribution is -2.42. The van der Waals surface area contributed by atoms with E-state index in [2.05, 4.69) is 0 Å². The molecule has 2 heterocycles. The molecule has 0 saturated carbocycles. The summed E-state index contributed by atoms with van der Waals surface area (Å²) in [5.74, 6) is -0.175. The molecule has 1 amide bonds. The van der Waals surface area contributed by atoms with Gasteiger partial charge in [-0.15, -0.1) is 0 Å². The Morgan fingerprint density at radius 1 is 1.26 bits per heavy atom. The fraction of sp³-hybridized carbons (Fsp3) is 0.278. The first-order valence-electron chi connectivity index (χ1n) is 8.17. The SMILES string of the molecule is Cc1ccc([N+](=O)[O-])c(=O)n1CC(=O)c1ccc2c(c1)N(C)C(=O)C(C)O2. The van der Waals surface area contributed by atoms with Crippen molar-refractivity contribution in [2.24, 2.45) is 0 Å². The summed E-state index contributed by atoms with van der Waals surface area (Å²) in [6, 6.07) is 7.18. The van der Waals surface area contributed by atoms with Crippen LogP contribution in [-0.4, -0.2) is 34.3 Å². The molecule has 9 nitrogen and oxygen atoms in total. The first-order valence-corrected chi connectivity index (χ1v) is 8.17. The fourth-order valence-electron chi connectivity index (χ4n) is 2.91. The number of ketones is 1. The average molecular weight is 371 g/mol. The largest absolute Gasteiger partial charge is 0.479 e. The van der Waals surface area contributed by atoms with Crippen LogP contribution in [-0.2, 0) is 11.3 Å². The lowest BCUT2D eigenvalue weighted by atomic mass is 10.1. The van der Waals surface area contributed by atoms with Crippen molar-refractivity contribution >= 4 is 23.1 Å². The number of aryl methyl sites for hydroxylation is 1. The zero-order valence-corrected chi connectivity index (χ0v) is 15.0. The van der Waals surface area contributed by atoms with Crippen LogP contribution in [0.4, 0.5) is 11.4 Å². The first kappa shape index (κ1) is 18.3. The first-order chi connectivity index (χ1) is 12.7. The van der Waals surface area contributed by atoms with Crippen LogP contribution in [0.1, 0.15) is 23.0 Å². The van der Waals surface area contributed by atoms with Gasteiger partial charge in [0.15, 0.2) is 11.9 Å². The maximum Gasteiger partial charge on any atom is 0.334 e. The summed E-state index contributed by atoms with van der Waals surface area (Å²) in [4.78, 5) is 48.6. The van der Waals surface area contributed by atoms with E-state index in [0.717, 1.165) is 10.6 Å². The van der Waals surface area contributed by atoms with E-state index in [1.807, 2.05) is 0 Å². The van der Waals surface area contributed by atoms with Crippen LogP contribution >= 0.6 is 0 Å².